The molecule has 1 aliphatic rings. The van der Waals surface area contributed by atoms with E-state index in [1.807, 2.05) is 13.0 Å². The molecule has 2 aromatic rings. The van der Waals surface area contributed by atoms with Gasteiger partial charge in [-0.05, 0) is 28.4 Å². The quantitative estimate of drug-likeness (QED) is 0.403. The van der Waals surface area contributed by atoms with Gasteiger partial charge in [0.05, 0.1) is 13.2 Å². The van der Waals surface area contributed by atoms with E-state index in [0.717, 1.165) is 6.61 Å². The largest absolute Gasteiger partial charge is 0.404 e. The van der Waals surface area contributed by atoms with Gasteiger partial charge in [0, 0.05) is 0 Å². The molecule has 2 nitrogen and oxygen atoms in total. The van der Waals surface area contributed by atoms with Crippen LogP contribution in [0.15, 0.2) is 85.0 Å². The molecule has 0 saturated carbocycles. The van der Waals surface area contributed by atoms with Crippen LogP contribution in [0.2, 0.25) is 5.04 Å². The highest BCUT2D eigenvalue weighted by Gasteiger charge is 2.50. The van der Waals surface area contributed by atoms with E-state index in [1.165, 1.54) is 10.4 Å². The Bertz CT molecular complexity index is 745. The molecule has 1 heterocycles. The van der Waals surface area contributed by atoms with Crippen LogP contribution in [-0.4, -0.2) is 27.1 Å². The number of benzene rings is 2. The zero-order chi connectivity index (χ0) is 19.4. The second kappa shape index (κ2) is 7.97. The summed E-state index contributed by atoms with van der Waals surface area (Å²) in [5.41, 5.74) is -0.205. The lowest BCUT2D eigenvalue weighted by Crippen LogP contribution is -2.66. The fourth-order valence-corrected chi connectivity index (χ4v) is 8.30. The van der Waals surface area contributed by atoms with Gasteiger partial charge in [0.2, 0.25) is 0 Å². The van der Waals surface area contributed by atoms with E-state index in [1.54, 1.807) is 0 Å². The number of rotatable bonds is 7. The highest BCUT2D eigenvalue weighted by molar-refractivity contribution is 6.99. The van der Waals surface area contributed by atoms with Gasteiger partial charge in [-0.2, -0.15) is 0 Å². The van der Waals surface area contributed by atoms with Crippen LogP contribution in [0.5, 0.6) is 0 Å². The van der Waals surface area contributed by atoms with Gasteiger partial charge in [-0.15, -0.1) is 0 Å². The molecule has 142 valence electrons. The van der Waals surface area contributed by atoms with Crippen molar-refractivity contribution in [2.45, 2.75) is 38.3 Å². The fraction of sp³-hybridized carbons (Fsp3) is 0.333. The summed E-state index contributed by atoms with van der Waals surface area (Å²) in [6.07, 6.45) is 8.39. The molecule has 1 saturated heterocycles. The summed E-state index contributed by atoms with van der Waals surface area (Å²) in [6, 6.07) is 21.5. The first-order valence-corrected chi connectivity index (χ1v) is 11.5. The van der Waals surface area contributed by atoms with Crippen molar-refractivity contribution in [1.29, 1.82) is 0 Å². The molecule has 27 heavy (non-hydrogen) atoms. The summed E-state index contributed by atoms with van der Waals surface area (Å²) in [5.74, 6) is 0. The first-order chi connectivity index (χ1) is 12.9. The van der Waals surface area contributed by atoms with Gasteiger partial charge in [0.25, 0.3) is 8.32 Å². The van der Waals surface area contributed by atoms with Gasteiger partial charge >= 0.3 is 0 Å². The molecule has 3 rings (SSSR count). The molecule has 1 unspecified atom stereocenters. The second-order valence-electron chi connectivity index (χ2n) is 8.12. The molecular weight excluding hydrogens is 348 g/mol. The summed E-state index contributed by atoms with van der Waals surface area (Å²) in [6.45, 7) is 10.3. The van der Waals surface area contributed by atoms with E-state index in [2.05, 4.69) is 99.7 Å². The average Bonchev–Trinajstić information content (AvgIpc) is 3.42. The van der Waals surface area contributed by atoms with E-state index >= 15 is 0 Å². The van der Waals surface area contributed by atoms with Crippen molar-refractivity contribution >= 4 is 18.7 Å². The van der Waals surface area contributed by atoms with Crippen molar-refractivity contribution in [3.05, 3.63) is 85.0 Å². The standard InChI is InChI=1S/C24H30O2Si/c1-5-17-24(20-25-24)18-12-19-26-27(23(2,3)4,21-13-8-6-9-14-21)22-15-10-7-11-16-22/h5-18H,19-20H2,1-4H3/b17-5+,18-12+. The maximum atomic E-state index is 6.84. The second-order valence-corrected chi connectivity index (χ2v) is 12.4. The Balaban J connectivity index is 1.96. The Morgan fingerprint density at radius 1 is 0.963 bits per heavy atom. The minimum absolute atomic E-state index is 0.000631. The number of ether oxygens (including phenoxy) is 1. The third-order valence-corrected chi connectivity index (χ3v) is 10.1. The Kier molecular flexibility index (Phi) is 5.85. The SMILES string of the molecule is C/C=C/C1(/C=C/CO[Si](c2ccccc2)(c2ccccc2)C(C)(C)C)CO1. The van der Waals surface area contributed by atoms with Crippen LogP contribution in [0, 0.1) is 0 Å². The average molecular weight is 379 g/mol. The van der Waals surface area contributed by atoms with Gasteiger partial charge < -0.3 is 9.16 Å². The van der Waals surface area contributed by atoms with Gasteiger partial charge in [-0.25, -0.2) is 0 Å². The molecule has 0 amide bonds. The Labute approximate surface area is 164 Å². The minimum atomic E-state index is -2.45. The third-order valence-electron chi connectivity index (χ3n) is 5.14. The predicted octanol–water partition coefficient (Wildman–Crippen LogP) is 4.46. The monoisotopic (exact) mass is 378 g/mol. The molecule has 0 spiro atoms. The molecule has 1 aliphatic heterocycles. The van der Waals surface area contributed by atoms with Crippen LogP contribution in [0.4, 0.5) is 0 Å². The highest BCUT2D eigenvalue weighted by atomic mass is 28.4. The zero-order valence-corrected chi connectivity index (χ0v) is 17.8. The lowest BCUT2D eigenvalue weighted by molar-refractivity contribution is 0.336. The summed E-state index contributed by atoms with van der Waals surface area (Å²) >= 11 is 0. The van der Waals surface area contributed by atoms with Crippen LogP contribution < -0.4 is 10.4 Å². The number of hydrogen-bond donors (Lipinski definition) is 0. The molecule has 0 N–H and O–H groups in total. The highest BCUT2D eigenvalue weighted by Crippen LogP contribution is 2.37. The van der Waals surface area contributed by atoms with Crippen molar-refractivity contribution in [3.8, 4) is 0 Å². The van der Waals surface area contributed by atoms with Gasteiger partial charge in [0.15, 0.2) is 0 Å². The Morgan fingerprint density at radius 2 is 1.48 bits per heavy atom. The Morgan fingerprint density at radius 3 is 1.89 bits per heavy atom. The number of allylic oxidation sites excluding steroid dienone is 1. The van der Waals surface area contributed by atoms with E-state index in [0.29, 0.717) is 6.61 Å². The van der Waals surface area contributed by atoms with Crippen LogP contribution >= 0.6 is 0 Å². The van der Waals surface area contributed by atoms with Crippen LogP contribution in [0.1, 0.15) is 27.7 Å². The minimum Gasteiger partial charge on any atom is -0.404 e. The summed E-state index contributed by atoms with van der Waals surface area (Å²) in [7, 11) is -2.45. The molecule has 0 radical (unpaired) electrons. The summed E-state index contributed by atoms with van der Waals surface area (Å²) in [5, 5.41) is 2.62. The van der Waals surface area contributed by atoms with Crippen molar-refractivity contribution in [3.63, 3.8) is 0 Å². The molecule has 0 aliphatic carbocycles. The first kappa shape index (κ1) is 19.8. The van der Waals surface area contributed by atoms with E-state index in [9.17, 15) is 0 Å². The van der Waals surface area contributed by atoms with E-state index in [-0.39, 0.29) is 10.6 Å². The van der Waals surface area contributed by atoms with Crippen LogP contribution in [0.25, 0.3) is 0 Å². The van der Waals surface area contributed by atoms with Crippen LogP contribution in [-0.2, 0) is 9.16 Å². The molecule has 3 heteroatoms. The maximum absolute atomic E-state index is 6.84. The van der Waals surface area contributed by atoms with Crippen molar-refractivity contribution in [2.75, 3.05) is 13.2 Å². The van der Waals surface area contributed by atoms with E-state index < -0.39 is 8.32 Å². The molecule has 1 atom stereocenters. The van der Waals surface area contributed by atoms with Crippen molar-refractivity contribution in [1.82, 2.24) is 0 Å². The number of epoxide rings is 1. The summed E-state index contributed by atoms with van der Waals surface area (Å²) in [4.78, 5) is 0. The maximum Gasteiger partial charge on any atom is 0.261 e. The smallest absolute Gasteiger partial charge is 0.261 e. The first-order valence-electron chi connectivity index (χ1n) is 9.64. The zero-order valence-electron chi connectivity index (χ0n) is 16.8. The molecule has 0 bridgehead atoms. The summed E-state index contributed by atoms with van der Waals surface area (Å²) < 4.78 is 12.4. The Hall–Kier alpha value is -1.94. The van der Waals surface area contributed by atoms with Gasteiger partial charge in [-0.3, -0.25) is 0 Å². The van der Waals surface area contributed by atoms with Crippen LogP contribution in [0.3, 0.4) is 0 Å². The van der Waals surface area contributed by atoms with Crippen molar-refractivity contribution < 1.29 is 9.16 Å². The lowest BCUT2D eigenvalue weighted by Gasteiger charge is -2.42. The van der Waals surface area contributed by atoms with Gasteiger partial charge in [-0.1, -0.05) is 99.7 Å². The predicted molar refractivity (Wildman–Crippen MR) is 116 cm³/mol. The van der Waals surface area contributed by atoms with Crippen molar-refractivity contribution in [2.24, 2.45) is 0 Å². The molecule has 0 aromatic heterocycles. The fourth-order valence-electron chi connectivity index (χ4n) is 3.80. The molecular formula is C24H30O2Si. The van der Waals surface area contributed by atoms with Gasteiger partial charge in [0.1, 0.15) is 5.60 Å². The molecule has 2 aromatic carbocycles. The van der Waals surface area contributed by atoms with E-state index in [4.69, 9.17) is 9.16 Å². The lowest BCUT2D eigenvalue weighted by atomic mass is 10.1. The number of hydrogen-bond acceptors (Lipinski definition) is 2. The normalized spacial score (nSPS) is 20.4. The molecule has 1 fully saturated rings. The third kappa shape index (κ3) is 4.16. The topological polar surface area (TPSA) is 21.8 Å².